The fraction of sp³-hybridized carbons (Fsp3) is 0.105. The van der Waals surface area contributed by atoms with Crippen LogP contribution in [0.4, 0.5) is 5.69 Å². The molecule has 3 aromatic rings. The average Bonchev–Trinajstić information content (AvgIpc) is 2.61. The zero-order valence-electron chi connectivity index (χ0n) is 14.1. The summed E-state index contributed by atoms with van der Waals surface area (Å²) in [7, 11) is -4.15. The third-order valence-corrected chi connectivity index (χ3v) is 6.80. The number of benzene rings is 3. The molecule has 0 fully saturated rings. The fourth-order valence-electron chi connectivity index (χ4n) is 2.90. The predicted octanol–water partition coefficient (Wildman–Crippen LogP) is 3.73. The number of carboxylic acid groups (broad SMARTS) is 1. The number of hydrogen-bond acceptors (Lipinski definition) is 4. The lowest BCUT2D eigenvalue weighted by Crippen LogP contribution is -2.32. The number of rotatable bonds is 5. The van der Waals surface area contributed by atoms with Gasteiger partial charge in [0.15, 0.2) is 0 Å². The minimum absolute atomic E-state index is 0.121. The maximum Gasteiger partial charge on any atom is 0.265 e. The van der Waals surface area contributed by atoms with Crippen LogP contribution in [0.2, 0.25) is 10.0 Å². The van der Waals surface area contributed by atoms with Crippen LogP contribution < -0.4 is 9.41 Å². The molecule has 140 valence electrons. The summed E-state index contributed by atoms with van der Waals surface area (Å²) in [6, 6.07) is 14.7. The van der Waals surface area contributed by atoms with Gasteiger partial charge in [-0.05, 0) is 30.5 Å². The lowest BCUT2D eigenvalue weighted by molar-refractivity contribution is -0.255. The highest BCUT2D eigenvalue weighted by molar-refractivity contribution is 7.93. The van der Waals surface area contributed by atoms with Crippen LogP contribution in [0.5, 0.6) is 0 Å². The minimum Gasteiger partial charge on any atom is -0.545 e. The van der Waals surface area contributed by atoms with Crippen molar-refractivity contribution in [2.75, 3.05) is 10.8 Å². The first-order valence-corrected chi connectivity index (χ1v) is 10.2. The van der Waals surface area contributed by atoms with Crippen LogP contribution in [0.3, 0.4) is 0 Å². The van der Waals surface area contributed by atoms with Crippen molar-refractivity contribution < 1.29 is 18.3 Å². The van der Waals surface area contributed by atoms with Gasteiger partial charge in [0.25, 0.3) is 10.0 Å². The molecular formula is C19H14Cl2NO4S-. The second-order valence-electron chi connectivity index (χ2n) is 5.72. The number of carboxylic acids is 1. The van der Waals surface area contributed by atoms with E-state index in [1.807, 2.05) is 30.3 Å². The van der Waals surface area contributed by atoms with Gasteiger partial charge in [0, 0.05) is 17.5 Å². The molecule has 5 nitrogen and oxygen atoms in total. The van der Waals surface area contributed by atoms with Gasteiger partial charge in [-0.15, -0.1) is 0 Å². The summed E-state index contributed by atoms with van der Waals surface area (Å²) in [5, 5.41) is 12.5. The van der Waals surface area contributed by atoms with Crippen LogP contribution in [-0.2, 0) is 10.0 Å². The molecule has 0 spiro atoms. The van der Waals surface area contributed by atoms with Crippen LogP contribution >= 0.6 is 23.2 Å². The molecule has 0 aromatic heterocycles. The SMILES string of the molecule is CCN(c1cccc2ccccc12)S(=O)(=O)c1cc(C(=O)[O-])c(Cl)cc1Cl. The molecule has 0 saturated heterocycles. The zero-order chi connectivity index (χ0) is 19.8. The van der Waals surface area contributed by atoms with Crippen LogP contribution in [-0.4, -0.2) is 20.9 Å². The van der Waals surface area contributed by atoms with E-state index in [-0.39, 0.29) is 21.5 Å². The van der Waals surface area contributed by atoms with Gasteiger partial charge in [-0.2, -0.15) is 0 Å². The van der Waals surface area contributed by atoms with E-state index < -0.39 is 21.6 Å². The Morgan fingerprint density at radius 3 is 2.37 bits per heavy atom. The standard InChI is InChI=1S/C19H15Cl2NO4S/c1-2-22(17-9-5-7-12-6-3-4-8-13(12)17)27(25,26)18-10-14(19(23)24)15(20)11-16(18)21/h3-11H,2H2,1H3,(H,23,24)/p-1. The van der Waals surface area contributed by atoms with Crippen molar-refractivity contribution in [1.29, 1.82) is 0 Å². The number of hydrogen-bond donors (Lipinski definition) is 0. The van der Waals surface area contributed by atoms with Gasteiger partial charge in [-0.3, -0.25) is 4.31 Å². The lowest BCUT2D eigenvalue weighted by Gasteiger charge is -2.25. The second kappa shape index (κ2) is 7.38. The van der Waals surface area contributed by atoms with E-state index in [1.54, 1.807) is 19.1 Å². The molecule has 0 N–H and O–H groups in total. The van der Waals surface area contributed by atoms with Gasteiger partial charge in [-0.1, -0.05) is 59.6 Å². The number of anilines is 1. The summed E-state index contributed by atoms with van der Waals surface area (Å²) in [5.74, 6) is -1.58. The molecular weight excluding hydrogens is 409 g/mol. The Kier molecular flexibility index (Phi) is 5.33. The number of sulfonamides is 1. The van der Waals surface area contributed by atoms with Crippen molar-refractivity contribution in [2.24, 2.45) is 0 Å². The molecule has 0 unspecified atom stereocenters. The maximum atomic E-state index is 13.3. The Hall–Kier alpha value is -2.28. The van der Waals surface area contributed by atoms with Gasteiger partial charge in [0.2, 0.25) is 0 Å². The number of aromatic carboxylic acids is 1. The van der Waals surface area contributed by atoms with Gasteiger partial charge in [0.1, 0.15) is 4.90 Å². The summed E-state index contributed by atoms with van der Waals surface area (Å²) in [4.78, 5) is 10.9. The number of carbonyl (C=O) groups is 1. The van der Waals surface area contributed by atoms with Crippen molar-refractivity contribution in [2.45, 2.75) is 11.8 Å². The van der Waals surface area contributed by atoms with E-state index in [4.69, 9.17) is 23.2 Å². The lowest BCUT2D eigenvalue weighted by atomic mass is 10.1. The molecule has 0 aliphatic heterocycles. The average molecular weight is 423 g/mol. The highest BCUT2D eigenvalue weighted by Crippen LogP contribution is 2.35. The molecule has 0 bridgehead atoms. The minimum atomic E-state index is -4.15. The van der Waals surface area contributed by atoms with E-state index in [9.17, 15) is 18.3 Å². The Balaban J connectivity index is 2.24. The maximum absolute atomic E-state index is 13.3. The molecule has 3 aromatic carbocycles. The number of carbonyl (C=O) groups excluding carboxylic acids is 1. The van der Waals surface area contributed by atoms with Crippen molar-refractivity contribution in [3.05, 3.63) is 70.2 Å². The van der Waals surface area contributed by atoms with Crippen molar-refractivity contribution in [3.63, 3.8) is 0 Å². The Morgan fingerprint density at radius 1 is 1.04 bits per heavy atom. The molecule has 0 atom stereocenters. The molecule has 0 saturated carbocycles. The van der Waals surface area contributed by atoms with E-state index in [1.165, 1.54) is 4.31 Å². The molecule has 27 heavy (non-hydrogen) atoms. The molecule has 0 radical (unpaired) electrons. The Bertz CT molecular complexity index is 1140. The smallest absolute Gasteiger partial charge is 0.265 e. The normalized spacial score (nSPS) is 11.5. The first-order valence-electron chi connectivity index (χ1n) is 7.98. The zero-order valence-corrected chi connectivity index (χ0v) is 16.5. The van der Waals surface area contributed by atoms with E-state index in [0.717, 1.165) is 22.9 Å². The molecule has 0 heterocycles. The van der Waals surface area contributed by atoms with E-state index >= 15 is 0 Å². The third kappa shape index (κ3) is 3.48. The summed E-state index contributed by atoms with van der Waals surface area (Å²) in [6.07, 6.45) is 0. The first-order chi connectivity index (χ1) is 12.8. The molecule has 3 rings (SSSR count). The van der Waals surface area contributed by atoms with Crippen LogP contribution in [0.25, 0.3) is 10.8 Å². The molecule has 0 aliphatic rings. The number of halogens is 2. The van der Waals surface area contributed by atoms with Gasteiger partial charge in [-0.25, -0.2) is 8.42 Å². The van der Waals surface area contributed by atoms with Crippen molar-refractivity contribution in [1.82, 2.24) is 0 Å². The summed E-state index contributed by atoms with van der Waals surface area (Å²) in [5.41, 5.74) is 0.0326. The van der Waals surface area contributed by atoms with Crippen molar-refractivity contribution >= 4 is 55.7 Å². The number of nitrogens with zero attached hydrogens (tertiary/aromatic N) is 1. The van der Waals surface area contributed by atoms with Gasteiger partial charge < -0.3 is 9.90 Å². The quantitative estimate of drug-likeness (QED) is 0.627. The predicted molar refractivity (Wildman–Crippen MR) is 105 cm³/mol. The third-order valence-electron chi connectivity index (χ3n) is 4.13. The largest absolute Gasteiger partial charge is 0.545 e. The first kappa shape index (κ1) is 19.5. The number of fused-ring (bicyclic) bond motifs is 1. The summed E-state index contributed by atoms with van der Waals surface area (Å²) in [6.45, 7) is 1.80. The van der Waals surface area contributed by atoms with E-state index in [2.05, 4.69) is 0 Å². The topological polar surface area (TPSA) is 77.5 Å². The summed E-state index contributed by atoms with van der Waals surface area (Å²) < 4.78 is 27.8. The Morgan fingerprint density at radius 2 is 1.70 bits per heavy atom. The van der Waals surface area contributed by atoms with E-state index in [0.29, 0.717) is 5.69 Å². The van der Waals surface area contributed by atoms with Crippen molar-refractivity contribution in [3.8, 4) is 0 Å². The highest BCUT2D eigenvalue weighted by atomic mass is 35.5. The highest BCUT2D eigenvalue weighted by Gasteiger charge is 2.28. The fourth-order valence-corrected chi connectivity index (χ4v) is 5.22. The second-order valence-corrected chi connectivity index (χ2v) is 8.36. The summed E-state index contributed by atoms with van der Waals surface area (Å²) >= 11 is 11.9. The van der Waals surface area contributed by atoms with Gasteiger partial charge >= 0.3 is 0 Å². The Labute approximate surface area is 166 Å². The van der Waals surface area contributed by atoms with Gasteiger partial charge in [0.05, 0.1) is 21.7 Å². The molecule has 8 heteroatoms. The molecule has 0 aliphatic carbocycles. The van der Waals surface area contributed by atoms with Crippen LogP contribution in [0.15, 0.2) is 59.5 Å². The monoisotopic (exact) mass is 422 g/mol. The molecule has 0 amide bonds. The van der Waals surface area contributed by atoms with Crippen LogP contribution in [0, 0.1) is 0 Å². The van der Waals surface area contributed by atoms with Crippen LogP contribution in [0.1, 0.15) is 17.3 Å².